The molecule has 0 saturated carbocycles. The molecule has 0 bridgehead atoms. The first kappa shape index (κ1) is 14.5. The van der Waals surface area contributed by atoms with Gasteiger partial charge in [0, 0.05) is 24.3 Å². The fourth-order valence-corrected chi connectivity index (χ4v) is 2.49. The quantitative estimate of drug-likeness (QED) is 0.858. The summed E-state index contributed by atoms with van der Waals surface area (Å²) in [7, 11) is 0. The Balaban J connectivity index is 2.02. The van der Waals surface area contributed by atoms with E-state index in [1.807, 2.05) is 23.8 Å². The lowest BCUT2D eigenvalue weighted by Gasteiger charge is -2.09. The van der Waals surface area contributed by atoms with E-state index in [1.54, 1.807) is 23.5 Å². The topological polar surface area (TPSA) is 54.0 Å². The monoisotopic (exact) mass is 289 g/mol. The predicted molar refractivity (Wildman–Crippen MR) is 83.2 cm³/mol. The van der Waals surface area contributed by atoms with Crippen LogP contribution < -0.4 is 10.6 Å². The van der Waals surface area contributed by atoms with Crippen LogP contribution in [-0.4, -0.2) is 17.4 Å². The first-order valence-electron chi connectivity index (χ1n) is 6.71. The van der Waals surface area contributed by atoms with Crippen molar-refractivity contribution in [1.82, 2.24) is 10.3 Å². The molecule has 0 aliphatic heterocycles. The van der Waals surface area contributed by atoms with Gasteiger partial charge in [-0.15, -0.1) is 0 Å². The molecule has 4 nitrogen and oxygen atoms in total. The summed E-state index contributed by atoms with van der Waals surface area (Å²) < 4.78 is 0. The summed E-state index contributed by atoms with van der Waals surface area (Å²) >= 11 is 1.63. The minimum Gasteiger partial charge on any atom is -0.370 e. The molecule has 0 aliphatic rings. The van der Waals surface area contributed by atoms with E-state index in [0.717, 1.165) is 30.0 Å². The van der Waals surface area contributed by atoms with Gasteiger partial charge in [-0.3, -0.25) is 4.79 Å². The Labute approximate surface area is 123 Å². The van der Waals surface area contributed by atoms with Crippen LogP contribution in [0.4, 0.5) is 5.82 Å². The standard InChI is InChI=1S/C15H19N3OS/c1-3-5-16-14-8-13(7-11(2)18-14)15(19)17-9-12-4-6-20-10-12/h4,6-8,10H,3,5,9H2,1-2H3,(H,16,18)(H,17,19). The number of carbonyl (C=O) groups excluding carboxylic acids is 1. The van der Waals surface area contributed by atoms with Crippen molar-refractivity contribution in [2.75, 3.05) is 11.9 Å². The Morgan fingerprint density at radius 2 is 2.25 bits per heavy atom. The SMILES string of the molecule is CCCNc1cc(C(=O)NCc2ccsc2)cc(C)n1. The summed E-state index contributed by atoms with van der Waals surface area (Å²) in [6, 6.07) is 5.61. The number of nitrogens with one attached hydrogen (secondary N) is 2. The Morgan fingerprint density at radius 1 is 1.40 bits per heavy atom. The molecule has 2 heterocycles. The number of carbonyl (C=O) groups is 1. The molecule has 0 aromatic carbocycles. The van der Waals surface area contributed by atoms with Crippen LogP contribution in [0, 0.1) is 6.92 Å². The van der Waals surface area contributed by atoms with Gasteiger partial charge in [-0.05, 0) is 47.9 Å². The molecule has 0 radical (unpaired) electrons. The van der Waals surface area contributed by atoms with E-state index in [0.29, 0.717) is 12.1 Å². The average molecular weight is 289 g/mol. The fourth-order valence-electron chi connectivity index (χ4n) is 1.82. The molecule has 0 unspecified atom stereocenters. The van der Waals surface area contributed by atoms with Crippen LogP contribution in [0.2, 0.25) is 0 Å². The van der Waals surface area contributed by atoms with Crippen molar-refractivity contribution in [3.8, 4) is 0 Å². The van der Waals surface area contributed by atoms with E-state index in [-0.39, 0.29) is 5.91 Å². The van der Waals surface area contributed by atoms with Crippen LogP contribution in [0.1, 0.15) is 35.0 Å². The molecule has 0 atom stereocenters. The van der Waals surface area contributed by atoms with Crippen LogP contribution >= 0.6 is 11.3 Å². The number of nitrogens with zero attached hydrogens (tertiary/aromatic N) is 1. The fraction of sp³-hybridized carbons (Fsp3) is 0.333. The van der Waals surface area contributed by atoms with Crippen LogP contribution in [0.5, 0.6) is 0 Å². The summed E-state index contributed by atoms with van der Waals surface area (Å²) in [5.74, 6) is 0.689. The molecule has 2 N–H and O–H groups in total. The molecule has 0 saturated heterocycles. The number of rotatable bonds is 6. The van der Waals surface area contributed by atoms with Crippen molar-refractivity contribution >= 4 is 23.1 Å². The highest BCUT2D eigenvalue weighted by Gasteiger charge is 2.08. The number of thiophene rings is 1. The van der Waals surface area contributed by atoms with Gasteiger partial charge in [0.2, 0.25) is 0 Å². The lowest BCUT2D eigenvalue weighted by atomic mass is 10.2. The van der Waals surface area contributed by atoms with Gasteiger partial charge in [-0.25, -0.2) is 4.98 Å². The molecule has 0 spiro atoms. The summed E-state index contributed by atoms with van der Waals surface area (Å²) in [5.41, 5.74) is 2.61. The molecule has 0 aliphatic carbocycles. The maximum Gasteiger partial charge on any atom is 0.251 e. The first-order chi connectivity index (χ1) is 9.69. The highest BCUT2D eigenvalue weighted by molar-refractivity contribution is 7.07. The minimum absolute atomic E-state index is 0.0683. The van der Waals surface area contributed by atoms with Crippen LogP contribution in [0.25, 0.3) is 0 Å². The number of hydrogen-bond donors (Lipinski definition) is 2. The highest BCUT2D eigenvalue weighted by atomic mass is 32.1. The van der Waals surface area contributed by atoms with Gasteiger partial charge in [0.15, 0.2) is 0 Å². The van der Waals surface area contributed by atoms with Crippen molar-refractivity contribution in [2.24, 2.45) is 0 Å². The number of anilines is 1. The number of pyridine rings is 1. The Hall–Kier alpha value is -1.88. The van der Waals surface area contributed by atoms with Crippen molar-refractivity contribution in [3.63, 3.8) is 0 Å². The maximum absolute atomic E-state index is 12.2. The van der Waals surface area contributed by atoms with Crippen molar-refractivity contribution < 1.29 is 4.79 Å². The number of hydrogen-bond acceptors (Lipinski definition) is 4. The largest absolute Gasteiger partial charge is 0.370 e. The summed E-state index contributed by atoms with van der Waals surface area (Å²) in [4.78, 5) is 16.5. The lowest BCUT2D eigenvalue weighted by Crippen LogP contribution is -2.23. The third-order valence-corrected chi connectivity index (χ3v) is 3.54. The maximum atomic E-state index is 12.2. The van der Waals surface area contributed by atoms with Crippen LogP contribution in [-0.2, 0) is 6.54 Å². The van der Waals surface area contributed by atoms with Gasteiger partial charge in [0.1, 0.15) is 5.82 Å². The number of aromatic nitrogens is 1. The van der Waals surface area contributed by atoms with Crippen molar-refractivity contribution in [3.05, 3.63) is 45.8 Å². The van der Waals surface area contributed by atoms with E-state index in [9.17, 15) is 4.79 Å². The molecule has 20 heavy (non-hydrogen) atoms. The van der Waals surface area contributed by atoms with E-state index >= 15 is 0 Å². The molecule has 1 amide bonds. The predicted octanol–water partition coefficient (Wildman–Crippen LogP) is 3.20. The average Bonchev–Trinajstić information content (AvgIpc) is 2.95. The van der Waals surface area contributed by atoms with E-state index < -0.39 is 0 Å². The zero-order valence-corrected chi connectivity index (χ0v) is 12.6. The first-order valence-corrected chi connectivity index (χ1v) is 7.65. The number of amides is 1. The second kappa shape index (κ2) is 7.05. The number of aryl methyl sites for hydroxylation is 1. The second-order valence-corrected chi connectivity index (χ2v) is 5.40. The third-order valence-electron chi connectivity index (χ3n) is 2.80. The molecule has 2 aromatic rings. The zero-order valence-electron chi connectivity index (χ0n) is 11.8. The van der Waals surface area contributed by atoms with E-state index in [4.69, 9.17) is 0 Å². The highest BCUT2D eigenvalue weighted by Crippen LogP contribution is 2.11. The minimum atomic E-state index is -0.0683. The molecular weight excluding hydrogens is 270 g/mol. The zero-order chi connectivity index (χ0) is 14.4. The second-order valence-electron chi connectivity index (χ2n) is 4.62. The van der Waals surface area contributed by atoms with E-state index in [1.165, 1.54) is 0 Å². The van der Waals surface area contributed by atoms with E-state index in [2.05, 4.69) is 22.5 Å². The van der Waals surface area contributed by atoms with Gasteiger partial charge >= 0.3 is 0 Å². The Bertz CT molecular complexity index is 567. The molecule has 2 aromatic heterocycles. The molecule has 106 valence electrons. The Kier molecular flexibility index (Phi) is 5.12. The molecule has 2 rings (SSSR count). The normalized spacial score (nSPS) is 10.3. The van der Waals surface area contributed by atoms with Crippen molar-refractivity contribution in [2.45, 2.75) is 26.8 Å². The van der Waals surface area contributed by atoms with Crippen LogP contribution in [0.15, 0.2) is 29.0 Å². The lowest BCUT2D eigenvalue weighted by molar-refractivity contribution is 0.0951. The van der Waals surface area contributed by atoms with Gasteiger partial charge < -0.3 is 10.6 Å². The van der Waals surface area contributed by atoms with Crippen molar-refractivity contribution in [1.29, 1.82) is 0 Å². The Morgan fingerprint density at radius 3 is 2.95 bits per heavy atom. The molecular formula is C15H19N3OS. The summed E-state index contributed by atoms with van der Waals surface area (Å²) in [6.45, 7) is 5.40. The summed E-state index contributed by atoms with van der Waals surface area (Å²) in [5, 5.41) is 10.2. The van der Waals surface area contributed by atoms with Gasteiger partial charge in [0.25, 0.3) is 5.91 Å². The molecule has 5 heteroatoms. The summed E-state index contributed by atoms with van der Waals surface area (Å²) in [6.07, 6.45) is 1.02. The van der Waals surface area contributed by atoms with Gasteiger partial charge in [-0.2, -0.15) is 11.3 Å². The van der Waals surface area contributed by atoms with Crippen LogP contribution in [0.3, 0.4) is 0 Å². The third kappa shape index (κ3) is 4.06. The smallest absolute Gasteiger partial charge is 0.251 e. The van der Waals surface area contributed by atoms with Gasteiger partial charge in [-0.1, -0.05) is 6.92 Å². The van der Waals surface area contributed by atoms with Gasteiger partial charge in [0.05, 0.1) is 0 Å². The molecule has 0 fully saturated rings.